The Morgan fingerprint density at radius 2 is 1.96 bits per heavy atom. The molecule has 0 unspecified atom stereocenters. The molecule has 5 nitrogen and oxygen atoms in total. The zero-order valence-electron chi connectivity index (χ0n) is 12.6. The van der Waals surface area contributed by atoms with Gasteiger partial charge in [-0.1, -0.05) is 43.3 Å². The van der Waals surface area contributed by atoms with Gasteiger partial charge in [0.2, 0.25) is 10.0 Å². The topological polar surface area (TPSA) is 64.0 Å². The Labute approximate surface area is 139 Å². The minimum Gasteiger partial charge on any atom is -0.266 e. The largest absolute Gasteiger partial charge is 0.266 e. The van der Waals surface area contributed by atoms with Crippen molar-refractivity contribution in [2.75, 3.05) is 6.54 Å². The molecule has 1 N–H and O–H groups in total. The number of nitrogens with zero attached hydrogens (tertiary/aromatic N) is 2. The van der Waals surface area contributed by atoms with E-state index >= 15 is 0 Å². The van der Waals surface area contributed by atoms with Crippen molar-refractivity contribution in [1.29, 1.82) is 0 Å². The number of rotatable bonds is 6. The molecule has 0 saturated carbocycles. The minimum atomic E-state index is -3.57. The normalized spacial score (nSPS) is 11.7. The van der Waals surface area contributed by atoms with E-state index in [1.54, 1.807) is 17.8 Å². The standard InChI is InChI=1S/C16H17N3O2S2/c1-2-17-23(20,21)15-12-19(11-13-7-4-3-5-8-13)18-16(15)14-9-6-10-22-14/h3-10,12,17H,2,11H2,1H3. The van der Waals surface area contributed by atoms with Crippen LogP contribution in [0, 0.1) is 0 Å². The molecule has 3 aromatic rings. The number of hydrogen-bond acceptors (Lipinski definition) is 4. The quantitative estimate of drug-likeness (QED) is 0.746. The fourth-order valence-corrected chi connectivity index (χ4v) is 4.29. The van der Waals surface area contributed by atoms with Crippen LogP contribution >= 0.6 is 11.3 Å². The first-order valence-corrected chi connectivity index (χ1v) is 9.61. The van der Waals surface area contributed by atoms with Crippen molar-refractivity contribution in [2.24, 2.45) is 0 Å². The van der Waals surface area contributed by atoms with Gasteiger partial charge in [0, 0.05) is 12.7 Å². The van der Waals surface area contributed by atoms with Gasteiger partial charge in [0.15, 0.2) is 0 Å². The summed E-state index contributed by atoms with van der Waals surface area (Å²) in [5, 5.41) is 6.42. The first-order chi connectivity index (χ1) is 11.1. The van der Waals surface area contributed by atoms with E-state index < -0.39 is 10.0 Å². The van der Waals surface area contributed by atoms with E-state index in [4.69, 9.17) is 0 Å². The van der Waals surface area contributed by atoms with Gasteiger partial charge >= 0.3 is 0 Å². The van der Waals surface area contributed by atoms with Crippen LogP contribution in [0.15, 0.2) is 58.9 Å². The highest BCUT2D eigenvalue weighted by Gasteiger charge is 2.23. The fourth-order valence-electron chi connectivity index (χ4n) is 2.30. The molecule has 23 heavy (non-hydrogen) atoms. The fraction of sp³-hybridized carbons (Fsp3) is 0.188. The summed E-state index contributed by atoms with van der Waals surface area (Å²) in [6.45, 7) is 2.63. The van der Waals surface area contributed by atoms with Crippen molar-refractivity contribution in [3.63, 3.8) is 0 Å². The van der Waals surface area contributed by atoms with Crippen LogP contribution in [-0.2, 0) is 16.6 Å². The maximum atomic E-state index is 12.5. The molecule has 0 aliphatic heterocycles. The molecule has 0 spiro atoms. The van der Waals surface area contributed by atoms with Gasteiger partial charge in [0.05, 0.1) is 11.4 Å². The van der Waals surface area contributed by atoms with Gasteiger partial charge in [-0.3, -0.25) is 4.68 Å². The Kier molecular flexibility index (Phi) is 4.61. The van der Waals surface area contributed by atoms with Crippen molar-refractivity contribution in [2.45, 2.75) is 18.4 Å². The zero-order valence-corrected chi connectivity index (χ0v) is 14.3. The van der Waals surface area contributed by atoms with Crippen LogP contribution in [0.2, 0.25) is 0 Å². The van der Waals surface area contributed by atoms with E-state index in [0.29, 0.717) is 18.8 Å². The number of aromatic nitrogens is 2. The maximum absolute atomic E-state index is 12.5. The Morgan fingerprint density at radius 3 is 2.61 bits per heavy atom. The van der Waals surface area contributed by atoms with Crippen LogP contribution in [-0.4, -0.2) is 24.7 Å². The Morgan fingerprint density at radius 1 is 1.17 bits per heavy atom. The second-order valence-electron chi connectivity index (χ2n) is 5.00. The highest BCUT2D eigenvalue weighted by atomic mass is 32.2. The molecule has 0 bridgehead atoms. The predicted octanol–water partition coefficient (Wildman–Crippen LogP) is 2.96. The number of benzene rings is 1. The average Bonchev–Trinajstić information content (AvgIpc) is 3.17. The van der Waals surface area contributed by atoms with Crippen molar-refractivity contribution in [3.8, 4) is 10.6 Å². The van der Waals surface area contributed by atoms with Crippen LogP contribution in [0.25, 0.3) is 10.6 Å². The third kappa shape index (κ3) is 3.52. The summed E-state index contributed by atoms with van der Waals surface area (Å²) in [5.74, 6) is 0. The van der Waals surface area contributed by atoms with E-state index in [1.807, 2.05) is 47.8 Å². The molecule has 0 aliphatic carbocycles. The number of thiophene rings is 1. The lowest BCUT2D eigenvalue weighted by atomic mass is 10.2. The summed E-state index contributed by atoms with van der Waals surface area (Å²) < 4.78 is 29.1. The number of nitrogens with one attached hydrogen (secondary N) is 1. The lowest BCUT2D eigenvalue weighted by Crippen LogP contribution is -2.23. The average molecular weight is 347 g/mol. The first kappa shape index (κ1) is 15.9. The highest BCUT2D eigenvalue weighted by Crippen LogP contribution is 2.29. The second kappa shape index (κ2) is 6.66. The summed E-state index contributed by atoms with van der Waals surface area (Å²) in [7, 11) is -3.57. The van der Waals surface area contributed by atoms with E-state index in [1.165, 1.54) is 11.3 Å². The monoisotopic (exact) mass is 347 g/mol. The molecule has 0 aliphatic rings. The van der Waals surface area contributed by atoms with Gasteiger partial charge in [-0.15, -0.1) is 11.3 Å². The number of sulfonamides is 1. The highest BCUT2D eigenvalue weighted by molar-refractivity contribution is 7.89. The molecule has 0 radical (unpaired) electrons. The molecule has 0 atom stereocenters. The summed E-state index contributed by atoms with van der Waals surface area (Å²) in [5.41, 5.74) is 1.57. The van der Waals surface area contributed by atoms with Crippen LogP contribution in [0.3, 0.4) is 0 Å². The first-order valence-electron chi connectivity index (χ1n) is 7.25. The molecule has 120 valence electrons. The van der Waals surface area contributed by atoms with E-state index in [-0.39, 0.29) is 4.90 Å². The van der Waals surface area contributed by atoms with Gasteiger partial charge in [0.1, 0.15) is 10.6 Å². The molecule has 3 rings (SSSR count). The summed E-state index contributed by atoms with van der Waals surface area (Å²) in [6.07, 6.45) is 1.60. The van der Waals surface area contributed by atoms with Gasteiger partial charge in [-0.25, -0.2) is 13.1 Å². The smallest absolute Gasteiger partial charge is 0.244 e. The summed E-state index contributed by atoms with van der Waals surface area (Å²) in [6, 6.07) is 13.6. The lowest BCUT2D eigenvalue weighted by molar-refractivity contribution is 0.583. The van der Waals surface area contributed by atoms with Crippen molar-refractivity contribution in [1.82, 2.24) is 14.5 Å². The SMILES string of the molecule is CCNS(=O)(=O)c1cn(Cc2ccccc2)nc1-c1cccs1. The van der Waals surface area contributed by atoms with E-state index in [2.05, 4.69) is 9.82 Å². The minimum absolute atomic E-state index is 0.220. The Balaban J connectivity index is 2.04. The summed E-state index contributed by atoms with van der Waals surface area (Å²) in [4.78, 5) is 1.06. The third-order valence-electron chi connectivity index (χ3n) is 3.29. The van der Waals surface area contributed by atoms with Crippen LogP contribution in [0.1, 0.15) is 12.5 Å². The second-order valence-corrected chi connectivity index (χ2v) is 7.69. The van der Waals surface area contributed by atoms with Crippen LogP contribution < -0.4 is 4.72 Å². The summed E-state index contributed by atoms with van der Waals surface area (Å²) >= 11 is 1.48. The maximum Gasteiger partial charge on any atom is 0.244 e. The molecule has 7 heteroatoms. The molecular formula is C16H17N3O2S2. The van der Waals surface area contributed by atoms with E-state index in [9.17, 15) is 8.42 Å². The molecule has 0 amide bonds. The zero-order chi connectivity index (χ0) is 16.3. The molecule has 0 saturated heterocycles. The van der Waals surface area contributed by atoms with Crippen LogP contribution in [0.5, 0.6) is 0 Å². The Bertz CT molecular complexity index is 869. The Hall–Kier alpha value is -1.96. The van der Waals surface area contributed by atoms with Crippen LogP contribution in [0.4, 0.5) is 0 Å². The molecule has 1 aromatic carbocycles. The van der Waals surface area contributed by atoms with Crippen molar-refractivity contribution >= 4 is 21.4 Å². The van der Waals surface area contributed by atoms with Crippen molar-refractivity contribution < 1.29 is 8.42 Å². The predicted molar refractivity (Wildman–Crippen MR) is 91.9 cm³/mol. The molecule has 0 fully saturated rings. The molecule has 2 heterocycles. The molecular weight excluding hydrogens is 330 g/mol. The third-order valence-corrected chi connectivity index (χ3v) is 5.72. The van der Waals surface area contributed by atoms with Gasteiger partial charge < -0.3 is 0 Å². The van der Waals surface area contributed by atoms with Gasteiger partial charge in [-0.2, -0.15) is 5.10 Å². The van der Waals surface area contributed by atoms with Gasteiger partial charge in [0.25, 0.3) is 0 Å². The van der Waals surface area contributed by atoms with Gasteiger partial charge in [-0.05, 0) is 17.0 Å². The molecule has 2 aromatic heterocycles. The van der Waals surface area contributed by atoms with E-state index in [0.717, 1.165) is 10.4 Å². The lowest BCUT2D eigenvalue weighted by Gasteiger charge is -2.02. The van der Waals surface area contributed by atoms with Crippen molar-refractivity contribution in [3.05, 3.63) is 59.6 Å². The number of hydrogen-bond donors (Lipinski definition) is 1.